The van der Waals surface area contributed by atoms with Crippen molar-refractivity contribution in [3.8, 4) is 0 Å². The number of piperazine rings is 1. The van der Waals surface area contributed by atoms with Gasteiger partial charge in [-0.05, 0) is 45.6 Å². The Balaban J connectivity index is 1.39. The van der Waals surface area contributed by atoms with Crippen molar-refractivity contribution in [2.24, 2.45) is 11.8 Å². The summed E-state index contributed by atoms with van der Waals surface area (Å²) in [5.74, 6) is -0.0164. The molecule has 1 saturated heterocycles. The molecule has 2 aliphatic rings. The van der Waals surface area contributed by atoms with Crippen LogP contribution in [0.5, 0.6) is 0 Å². The lowest BCUT2D eigenvalue weighted by Crippen LogP contribution is -2.49. The van der Waals surface area contributed by atoms with E-state index in [1.807, 2.05) is 37.2 Å². The van der Waals surface area contributed by atoms with Gasteiger partial charge in [0.1, 0.15) is 0 Å². The predicted molar refractivity (Wildman–Crippen MR) is 103 cm³/mol. The van der Waals surface area contributed by atoms with Crippen LogP contribution in [0, 0.1) is 11.8 Å². The lowest BCUT2D eigenvalue weighted by molar-refractivity contribution is -0.135. The molecule has 1 heterocycles. The maximum Gasteiger partial charge on any atom is 0.226 e. The average Bonchev–Trinajstić information content (AvgIpc) is 3.46. The topological polar surface area (TPSA) is 55.9 Å². The summed E-state index contributed by atoms with van der Waals surface area (Å²) in [6.07, 6.45) is 1.64. The molecule has 1 N–H and O–H groups in total. The van der Waals surface area contributed by atoms with Crippen LogP contribution in [0.4, 0.5) is 5.69 Å². The number of amides is 2. The van der Waals surface area contributed by atoms with E-state index in [0.29, 0.717) is 13.0 Å². The number of para-hydroxylation sites is 1. The van der Waals surface area contributed by atoms with Gasteiger partial charge in [-0.1, -0.05) is 18.2 Å². The van der Waals surface area contributed by atoms with Crippen LogP contribution in [0.25, 0.3) is 0 Å². The van der Waals surface area contributed by atoms with Crippen molar-refractivity contribution in [3.05, 3.63) is 30.3 Å². The minimum absolute atomic E-state index is 0.0463. The van der Waals surface area contributed by atoms with E-state index in [1.54, 1.807) is 0 Å². The van der Waals surface area contributed by atoms with Gasteiger partial charge in [0.25, 0.3) is 0 Å². The van der Waals surface area contributed by atoms with E-state index in [2.05, 4.69) is 27.2 Å². The molecule has 2 fully saturated rings. The number of hydrogen-bond donors (Lipinski definition) is 1. The standard InChI is InChI=1S/C20H30N4O2/c1-22(2)10-6-9-21-19(25)17-15-18(17)20(26)24-13-11-23(12-14-24)16-7-4-3-5-8-16/h3-5,7-8,17-18H,6,9-15H2,1-2H3,(H,21,25). The second kappa shape index (κ2) is 8.54. The van der Waals surface area contributed by atoms with Crippen molar-refractivity contribution >= 4 is 17.5 Å². The van der Waals surface area contributed by atoms with Crippen LogP contribution in [-0.4, -0.2) is 75.0 Å². The Kier molecular flexibility index (Phi) is 6.14. The molecule has 1 saturated carbocycles. The van der Waals surface area contributed by atoms with Crippen molar-refractivity contribution in [3.63, 3.8) is 0 Å². The van der Waals surface area contributed by atoms with E-state index >= 15 is 0 Å². The molecule has 1 aromatic carbocycles. The van der Waals surface area contributed by atoms with E-state index in [1.165, 1.54) is 5.69 Å². The lowest BCUT2D eigenvalue weighted by Gasteiger charge is -2.36. The molecule has 0 spiro atoms. The molecule has 142 valence electrons. The normalized spacial score (nSPS) is 22.4. The Morgan fingerprint density at radius 1 is 1.08 bits per heavy atom. The molecule has 26 heavy (non-hydrogen) atoms. The summed E-state index contributed by atoms with van der Waals surface area (Å²) >= 11 is 0. The monoisotopic (exact) mass is 358 g/mol. The molecule has 2 atom stereocenters. The molecule has 3 rings (SSSR count). The quantitative estimate of drug-likeness (QED) is 0.740. The lowest BCUT2D eigenvalue weighted by atomic mass is 10.2. The van der Waals surface area contributed by atoms with Gasteiger partial charge < -0.3 is 20.0 Å². The minimum Gasteiger partial charge on any atom is -0.368 e. The molecule has 6 nitrogen and oxygen atoms in total. The number of nitrogens with zero attached hydrogens (tertiary/aromatic N) is 3. The first-order valence-electron chi connectivity index (χ1n) is 9.57. The number of nitrogens with one attached hydrogen (secondary N) is 1. The second-order valence-electron chi connectivity index (χ2n) is 7.54. The molecule has 6 heteroatoms. The fourth-order valence-corrected chi connectivity index (χ4v) is 3.55. The summed E-state index contributed by atoms with van der Waals surface area (Å²) in [4.78, 5) is 31.2. The van der Waals surface area contributed by atoms with Crippen LogP contribution < -0.4 is 10.2 Å². The zero-order valence-corrected chi connectivity index (χ0v) is 15.9. The van der Waals surface area contributed by atoms with Gasteiger partial charge in [0.15, 0.2) is 0 Å². The number of anilines is 1. The van der Waals surface area contributed by atoms with Gasteiger partial charge >= 0.3 is 0 Å². The number of hydrogen-bond acceptors (Lipinski definition) is 4. The summed E-state index contributed by atoms with van der Waals surface area (Å²) in [5.41, 5.74) is 1.21. The zero-order valence-electron chi connectivity index (χ0n) is 15.9. The third-order valence-corrected chi connectivity index (χ3v) is 5.24. The third-order valence-electron chi connectivity index (χ3n) is 5.24. The molecule has 1 aliphatic heterocycles. The highest BCUT2D eigenvalue weighted by molar-refractivity contribution is 5.92. The molecular weight excluding hydrogens is 328 g/mol. The fourth-order valence-electron chi connectivity index (χ4n) is 3.55. The van der Waals surface area contributed by atoms with Gasteiger partial charge in [-0.2, -0.15) is 0 Å². The van der Waals surface area contributed by atoms with Gasteiger partial charge in [-0.25, -0.2) is 0 Å². The Bertz CT molecular complexity index is 611. The first kappa shape index (κ1) is 18.7. The van der Waals surface area contributed by atoms with E-state index in [9.17, 15) is 9.59 Å². The first-order chi connectivity index (χ1) is 12.6. The third kappa shape index (κ3) is 4.75. The Morgan fingerprint density at radius 2 is 1.77 bits per heavy atom. The molecule has 1 aromatic rings. The molecule has 0 aromatic heterocycles. The molecular formula is C20H30N4O2. The summed E-state index contributed by atoms with van der Waals surface area (Å²) in [6, 6.07) is 10.3. The number of rotatable bonds is 7. The minimum atomic E-state index is -0.117. The molecule has 0 bridgehead atoms. The van der Waals surface area contributed by atoms with Gasteiger partial charge in [0, 0.05) is 38.4 Å². The van der Waals surface area contributed by atoms with Crippen molar-refractivity contribution in [2.45, 2.75) is 12.8 Å². The Morgan fingerprint density at radius 3 is 2.42 bits per heavy atom. The van der Waals surface area contributed by atoms with Crippen molar-refractivity contribution in [1.29, 1.82) is 0 Å². The highest BCUT2D eigenvalue weighted by Gasteiger charge is 2.49. The average molecular weight is 358 g/mol. The van der Waals surface area contributed by atoms with E-state index in [-0.39, 0.29) is 23.7 Å². The zero-order chi connectivity index (χ0) is 18.5. The van der Waals surface area contributed by atoms with Crippen molar-refractivity contribution < 1.29 is 9.59 Å². The summed E-state index contributed by atoms with van der Waals surface area (Å²) in [6.45, 7) is 4.82. The maximum absolute atomic E-state index is 12.7. The van der Waals surface area contributed by atoms with Crippen LogP contribution in [0.15, 0.2) is 30.3 Å². The number of carbonyl (C=O) groups is 2. The SMILES string of the molecule is CN(C)CCCNC(=O)C1CC1C(=O)N1CCN(c2ccccc2)CC1. The van der Waals surface area contributed by atoms with Crippen molar-refractivity contribution in [2.75, 3.05) is 58.3 Å². The smallest absolute Gasteiger partial charge is 0.226 e. The van der Waals surface area contributed by atoms with Gasteiger partial charge in [-0.15, -0.1) is 0 Å². The van der Waals surface area contributed by atoms with Gasteiger partial charge in [0.2, 0.25) is 11.8 Å². The van der Waals surface area contributed by atoms with E-state index in [0.717, 1.165) is 39.1 Å². The molecule has 2 unspecified atom stereocenters. The molecule has 1 aliphatic carbocycles. The van der Waals surface area contributed by atoms with Gasteiger partial charge in [-0.3, -0.25) is 9.59 Å². The Hall–Kier alpha value is -2.08. The highest BCUT2D eigenvalue weighted by Crippen LogP contribution is 2.40. The number of benzene rings is 1. The largest absolute Gasteiger partial charge is 0.368 e. The van der Waals surface area contributed by atoms with Crippen LogP contribution in [0.2, 0.25) is 0 Å². The maximum atomic E-state index is 12.7. The van der Waals surface area contributed by atoms with Crippen molar-refractivity contribution in [1.82, 2.24) is 15.1 Å². The highest BCUT2D eigenvalue weighted by atomic mass is 16.2. The van der Waals surface area contributed by atoms with Crippen LogP contribution in [0.3, 0.4) is 0 Å². The van der Waals surface area contributed by atoms with Crippen LogP contribution in [-0.2, 0) is 9.59 Å². The summed E-state index contributed by atoms with van der Waals surface area (Å²) in [7, 11) is 4.05. The van der Waals surface area contributed by atoms with Crippen LogP contribution >= 0.6 is 0 Å². The summed E-state index contributed by atoms with van der Waals surface area (Å²) in [5, 5.41) is 2.97. The molecule has 0 radical (unpaired) electrons. The Labute approximate surface area is 156 Å². The summed E-state index contributed by atoms with van der Waals surface area (Å²) < 4.78 is 0. The number of carbonyl (C=O) groups excluding carboxylic acids is 2. The predicted octanol–water partition coefficient (Wildman–Crippen LogP) is 1.04. The second-order valence-corrected chi connectivity index (χ2v) is 7.54. The van der Waals surface area contributed by atoms with Crippen LogP contribution in [0.1, 0.15) is 12.8 Å². The van der Waals surface area contributed by atoms with Gasteiger partial charge in [0.05, 0.1) is 11.8 Å². The fraction of sp³-hybridized carbons (Fsp3) is 0.600. The first-order valence-corrected chi connectivity index (χ1v) is 9.57. The van der Waals surface area contributed by atoms with E-state index in [4.69, 9.17) is 0 Å². The molecule has 2 amide bonds. The van der Waals surface area contributed by atoms with E-state index < -0.39 is 0 Å².